The highest BCUT2D eigenvalue weighted by atomic mass is 32.2. The highest BCUT2D eigenvalue weighted by Crippen LogP contribution is 2.11. The first-order valence-corrected chi connectivity index (χ1v) is 8.07. The molecule has 20 heavy (non-hydrogen) atoms. The van der Waals surface area contributed by atoms with Crippen molar-refractivity contribution in [3.63, 3.8) is 0 Å². The Morgan fingerprint density at radius 1 is 1.25 bits per heavy atom. The van der Waals surface area contributed by atoms with Crippen LogP contribution in [-0.2, 0) is 25.9 Å². The Labute approximate surface area is 118 Å². The predicted molar refractivity (Wildman–Crippen MR) is 75.1 cm³/mol. The number of benzene rings is 1. The first-order chi connectivity index (χ1) is 9.46. The van der Waals surface area contributed by atoms with Crippen molar-refractivity contribution in [2.75, 3.05) is 24.7 Å². The van der Waals surface area contributed by atoms with Gasteiger partial charge in [-0.1, -0.05) is 12.1 Å². The maximum atomic E-state index is 11.6. The molecule has 0 heterocycles. The van der Waals surface area contributed by atoms with E-state index in [4.69, 9.17) is 10.5 Å². The minimum atomic E-state index is -3.51. The van der Waals surface area contributed by atoms with Crippen LogP contribution < -0.4 is 10.5 Å². The van der Waals surface area contributed by atoms with E-state index >= 15 is 0 Å². The number of hydrogen-bond acceptors (Lipinski definition) is 6. The van der Waals surface area contributed by atoms with Crippen LogP contribution in [0.4, 0.5) is 0 Å². The van der Waals surface area contributed by atoms with Crippen LogP contribution in [0, 0.1) is 0 Å². The van der Waals surface area contributed by atoms with E-state index in [0.29, 0.717) is 12.3 Å². The van der Waals surface area contributed by atoms with Crippen LogP contribution in [0.5, 0.6) is 5.75 Å². The summed E-state index contributed by atoms with van der Waals surface area (Å²) in [6.45, 7) is 2.22. The summed E-state index contributed by atoms with van der Waals surface area (Å²) in [5.74, 6) is -1.02. The second-order valence-corrected chi connectivity index (χ2v) is 6.28. The molecule has 0 saturated carbocycles. The van der Waals surface area contributed by atoms with Crippen LogP contribution in [0.25, 0.3) is 0 Å². The number of hydrogen-bond donors (Lipinski definition) is 1. The molecule has 1 aromatic rings. The Morgan fingerprint density at radius 2 is 1.90 bits per heavy atom. The monoisotopic (exact) mass is 301 g/mol. The fourth-order valence-corrected chi connectivity index (χ4v) is 2.39. The molecule has 1 aromatic carbocycles. The molecule has 0 saturated heterocycles. The molecular formula is C13H19NO5S. The van der Waals surface area contributed by atoms with Crippen molar-refractivity contribution in [1.82, 2.24) is 0 Å². The first-order valence-electron chi connectivity index (χ1n) is 6.24. The molecule has 0 spiro atoms. The number of ether oxygens (including phenoxy) is 2. The van der Waals surface area contributed by atoms with E-state index in [2.05, 4.69) is 4.74 Å². The lowest BCUT2D eigenvalue weighted by Crippen LogP contribution is -2.23. The van der Waals surface area contributed by atoms with E-state index in [9.17, 15) is 13.2 Å². The highest BCUT2D eigenvalue weighted by molar-refractivity contribution is 7.92. The number of nitrogens with two attached hydrogens (primary N) is 1. The average molecular weight is 301 g/mol. The third kappa shape index (κ3) is 6.03. The molecular weight excluding hydrogens is 282 g/mol. The summed E-state index contributed by atoms with van der Waals surface area (Å²) in [6.07, 6.45) is 0. The summed E-state index contributed by atoms with van der Waals surface area (Å²) in [6, 6.07) is 7.06. The molecule has 0 aliphatic heterocycles. The van der Waals surface area contributed by atoms with Gasteiger partial charge < -0.3 is 15.2 Å². The van der Waals surface area contributed by atoms with Crippen molar-refractivity contribution in [2.24, 2.45) is 5.73 Å². The minimum Gasteiger partial charge on any atom is -0.493 e. The van der Waals surface area contributed by atoms with E-state index in [1.165, 1.54) is 0 Å². The number of carbonyl (C=O) groups excluding carboxylic acids is 1. The fourth-order valence-electron chi connectivity index (χ4n) is 1.46. The summed E-state index contributed by atoms with van der Waals surface area (Å²) in [7, 11) is -3.51. The Kier molecular flexibility index (Phi) is 6.47. The van der Waals surface area contributed by atoms with Crippen molar-refractivity contribution in [1.29, 1.82) is 0 Å². The Morgan fingerprint density at radius 3 is 2.45 bits per heavy atom. The number of sulfone groups is 1. The molecule has 1 rings (SSSR count). The van der Waals surface area contributed by atoms with Gasteiger partial charge in [-0.25, -0.2) is 8.42 Å². The zero-order chi connectivity index (χ0) is 15.0. The molecule has 0 fully saturated rings. The van der Waals surface area contributed by atoms with Crippen LogP contribution in [0.1, 0.15) is 12.5 Å². The smallest absolute Gasteiger partial charge is 0.321 e. The number of rotatable bonds is 8. The molecule has 0 radical (unpaired) electrons. The van der Waals surface area contributed by atoms with Gasteiger partial charge in [-0.3, -0.25) is 4.79 Å². The fraction of sp³-hybridized carbons (Fsp3) is 0.462. The van der Waals surface area contributed by atoms with E-state index in [1.54, 1.807) is 19.1 Å². The lowest BCUT2D eigenvalue weighted by Gasteiger charge is -2.07. The number of carbonyl (C=O) groups is 1. The molecule has 0 unspecified atom stereocenters. The normalized spacial score (nSPS) is 11.1. The van der Waals surface area contributed by atoms with Gasteiger partial charge in [0.1, 0.15) is 18.1 Å². The molecule has 0 atom stereocenters. The van der Waals surface area contributed by atoms with Crippen molar-refractivity contribution >= 4 is 15.8 Å². The molecule has 0 amide bonds. The second-order valence-electron chi connectivity index (χ2n) is 4.09. The van der Waals surface area contributed by atoms with Crippen LogP contribution in [0.15, 0.2) is 24.3 Å². The van der Waals surface area contributed by atoms with Crippen molar-refractivity contribution in [3.05, 3.63) is 29.8 Å². The summed E-state index contributed by atoms with van der Waals surface area (Å²) < 4.78 is 33.1. The van der Waals surface area contributed by atoms with Gasteiger partial charge in [-0.15, -0.1) is 0 Å². The molecule has 2 N–H and O–H groups in total. The largest absolute Gasteiger partial charge is 0.493 e. The maximum Gasteiger partial charge on any atom is 0.321 e. The molecule has 0 aliphatic rings. The Balaban J connectivity index is 2.40. The van der Waals surface area contributed by atoms with E-state index in [1.807, 2.05) is 12.1 Å². The molecule has 0 bridgehead atoms. The van der Waals surface area contributed by atoms with Gasteiger partial charge in [0.15, 0.2) is 9.84 Å². The summed E-state index contributed by atoms with van der Waals surface area (Å²) in [5, 5.41) is 0. The highest BCUT2D eigenvalue weighted by Gasteiger charge is 2.17. The average Bonchev–Trinajstić information content (AvgIpc) is 2.39. The Bertz CT molecular complexity index is 524. The molecule has 0 aliphatic carbocycles. The van der Waals surface area contributed by atoms with Gasteiger partial charge in [-0.2, -0.15) is 0 Å². The first kappa shape index (κ1) is 16.5. The molecule has 0 aromatic heterocycles. The third-order valence-electron chi connectivity index (χ3n) is 2.47. The van der Waals surface area contributed by atoms with Gasteiger partial charge in [0.25, 0.3) is 0 Å². The quantitative estimate of drug-likeness (QED) is 0.703. The predicted octanol–water partition coefficient (Wildman–Crippen LogP) is 0.502. The lowest BCUT2D eigenvalue weighted by atomic mass is 10.2. The van der Waals surface area contributed by atoms with Gasteiger partial charge in [-0.05, 0) is 24.6 Å². The zero-order valence-electron chi connectivity index (χ0n) is 11.4. The lowest BCUT2D eigenvalue weighted by molar-refractivity contribution is -0.139. The number of esters is 1. The van der Waals surface area contributed by atoms with Gasteiger partial charge in [0.2, 0.25) is 0 Å². The van der Waals surface area contributed by atoms with Gasteiger partial charge in [0.05, 0.1) is 12.4 Å². The standard InChI is InChI=1S/C13H19NO5S/c1-2-18-13(15)10-20(16,17)8-7-19-12-5-3-11(9-14)4-6-12/h3-6H,2,7-10,14H2,1H3. The van der Waals surface area contributed by atoms with Gasteiger partial charge >= 0.3 is 5.97 Å². The molecule has 6 nitrogen and oxygen atoms in total. The van der Waals surface area contributed by atoms with Crippen molar-refractivity contribution < 1.29 is 22.7 Å². The Hall–Kier alpha value is -1.60. The van der Waals surface area contributed by atoms with Crippen LogP contribution >= 0.6 is 0 Å². The van der Waals surface area contributed by atoms with E-state index in [0.717, 1.165) is 5.56 Å². The minimum absolute atomic E-state index is 0.0102. The van der Waals surface area contributed by atoms with E-state index in [-0.39, 0.29) is 19.0 Å². The van der Waals surface area contributed by atoms with Crippen molar-refractivity contribution in [2.45, 2.75) is 13.5 Å². The van der Waals surface area contributed by atoms with Crippen LogP contribution in [-0.4, -0.2) is 39.1 Å². The maximum absolute atomic E-state index is 11.6. The SMILES string of the molecule is CCOC(=O)CS(=O)(=O)CCOc1ccc(CN)cc1. The molecule has 112 valence electrons. The van der Waals surface area contributed by atoms with Crippen LogP contribution in [0.3, 0.4) is 0 Å². The molecule has 7 heteroatoms. The summed E-state index contributed by atoms with van der Waals surface area (Å²) in [4.78, 5) is 11.1. The topological polar surface area (TPSA) is 95.7 Å². The van der Waals surface area contributed by atoms with E-state index < -0.39 is 21.6 Å². The summed E-state index contributed by atoms with van der Waals surface area (Å²) >= 11 is 0. The van der Waals surface area contributed by atoms with Crippen LogP contribution in [0.2, 0.25) is 0 Å². The van der Waals surface area contributed by atoms with Crippen molar-refractivity contribution in [3.8, 4) is 5.75 Å². The zero-order valence-corrected chi connectivity index (χ0v) is 12.2. The second kappa shape index (κ2) is 7.86. The summed E-state index contributed by atoms with van der Waals surface area (Å²) in [5.41, 5.74) is 6.43. The third-order valence-corrected chi connectivity index (χ3v) is 3.93. The van der Waals surface area contributed by atoms with Gasteiger partial charge in [0, 0.05) is 6.54 Å².